The molecule has 0 fully saturated rings. The summed E-state index contributed by atoms with van der Waals surface area (Å²) in [6.07, 6.45) is 4.46. The lowest BCUT2D eigenvalue weighted by molar-refractivity contribution is -0.140. The first kappa shape index (κ1) is 15.4. The number of carbonyl (C=O) groups is 2. The second kappa shape index (κ2) is 7.04. The molecule has 5 heteroatoms. The second-order valence-electron chi connectivity index (χ2n) is 4.23. The third-order valence-electron chi connectivity index (χ3n) is 2.32. The molecule has 0 unspecified atom stereocenters. The van der Waals surface area contributed by atoms with Gasteiger partial charge in [0.2, 0.25) is 0 Å². The Morgan fingerprint density at radius 3 is 2.63 bits per heavy atom. The molecule has 4 nitrogen and oxygen atoms in total. The van der Waals surface area contributed by atoms with Crippen LogP contribution in [0, 0.1) is 5.92 Å². The predicted octanol–water partition coefficient (Wildman–Crippen LogP) is 2.91. The Balaban J connectivity index is 3.15. The number of Topliss-reactive ketones (excluding diaryl/α,β-unsaturated/α-hetero) is 1. The number of hydrogen-bond donors (Lipinski definition) is 0. The van der Waals surface area contributed by atoms with E-state index in [0.717, 1.165) is 0 Å². The molecule has 102 valence electrons. The van der Waals surface area contributed by atoms with Crippen LogP contribution in [0.15, 0.2) is 24.0 Å². The molecule has 0 spiro atoms. The van der Waals surface area contributed by atoms with E-state index < -0.39 is 5.97 Å². The second-order valence-corrected chi connectivity index (χ2v) is 4.67. The Labute approximate surface area is 117 Å². The molecule has 1 aromatic heterocycles. The lowest BCUT2D eigenvalue weighted by atomic mass is 9.99. The number of carbonyl (C=O) groups excluding carboxylic acids is 2. The van der Waals surface area contributed by atoms with Gasteiger partial charge in [0.25, 0.3) is 0 Å². The fraction of sp³-hybridized carbons (Fsp3) is 0.357. The van der Waals surface area contributed by atoms with E-state index in [9.17, 15) is 9.59 Å². The summed E-state index contributed by atoms with van der Waals surface area (Å²) in [4.78, 5) is 27.7. The molecule has 0 atom stereocenters. The SMILES string of the molecule is CCOC(=O)/C(=C/c1cncc(Cl)c1)C(=O)C(C)C. The van der Waals surface area contributed by atoms with Crippen molar-refractivity contribution in [2.45, 2.75) is 20.8 Å². The molecule has 0 saturated carbocycles. The minimum atomic E-state index is -0.624. The lowest BCUT2D eigenvalue weighted by Crippen LogP contribution is -2.19. The first-order chi connectivity index (χ1) is 8.95. The van der Waals surface area contributed by atoms with Crippen molar-refractivity contribution in [2.75, 3.05) is 6.61 Å². The third-order valence-corrected chi connectivity index (χ3v) is 2.53. The third kappa shape index (κ3) is 4.48. The van der Waals surface area contributed by atoms with Crippen LogP contribution >= 0.6 is 11.6 Å². The number of pyridine rings is 1. The molecule has 19 heavy (non-hydrogen) atoms. The van der Waals surface area contributed by atoms with Crippen LogP contribution in [0.1, 0.15) is 26.3 Å². The fourth-order valence-corrected chi connectivity index (χ4v) is 1.61. The molecule has 0 saturated heterocycles. The summed E-state index contributed by atoms with van der Waals surface area (Å²) in [6, 6.07) is 1.63. The van der Waals surface area contributed by atoms with Crippen molar-refractivity contribution in [3.8, 4) is 0 Å². The van der Waals surface area contributed by atoms with E-state index in [4.69, 9.17) is 16.3 Å². The average molecular weight is 282 g/mol. The number of nitrogens with zero attached hydrogens (tertiary/aromatic N) is 1. The summed E-state index contributed by atoms with van der Waals surface area (Å²) in [5.74, 6) is -1.18. The van der Waals surface area contributed by atoms with E-state index in [2.05, 4.69) is 4.98 Å². The highest BCUT2D eigenvalue weighted by Gasteiger charge is 2.22. The van der Waals surface area contributed by atoms with Crippen LogP contribution in [0.5, 0.6) is 0 Å². The van der Waals surface area contributed by atoms with Gasteiger partial charge in [0.15, 0.2) is 5.78 Å². The van der Waals surface area contributed by atoms with E-state index in [1.165, 1.54) is 18.5 Å². The number of ketones is 1. The van der Waals surface area contributed by atoms with E-state index >= 15 is 0 Å². The van der Waals surface area contributed by atoms with E-state index in [0.29, 0.717) is 10.6 Å². The number of esters is 1. The zero-order valence-electron chi connectivity index (χ0n) is 11.1. The van der Waals surface area contributed by atoms with Gasteiger partial charge in [-0.05, 0) is 24.6 Å². The smallest absolute Gasteiger partial charge is 0.341 e. The van der Waals surface area contributed by atoms with Crippen molar-refractivity contribution >= 4 is 29.4 Å². The molecular weight excluding hydrogens is 266 g/mol. The van der Waals surface area contributed by atoms with Crippen LogP contribution < -0.4 is 0 Å². The Morgan fingerprint density at radius 2 is 2.11 bits per heavy atom. The molecule has 0 aliphatic heterocycles. The molecule has 0 aromatic carbocycles. The summed E-state index contributed by atoms with van der Waals surface area (Å²) in [6.45, 7) is 5.36. The molecule has 0 N–H and O–H groups in total. The van der Waals surface area contributed by atoms with Crippen LogP contribution in [0.4, 0.5) is 0 Å². The zero-order valence-corrected chi connectivity index (χ0v) is 11.9. The minimum Gasteiger partial charge on any atom is -0.462 e. The maximum atomic E-state index is 12.0. The molecular formula is C14H16ClNO3. The van der Waals surface area contributed by atoms with Crippen molar-refractivity contribution < 1.29 is 14.3 Å². The maximum Gasteiger partial charge on any atom is 0.341 e. The van der Waals surface area contributed by atoms with Gasteiger partial charge < -0.3 is 4.74 Å². The van der Waals surface area contributed by atoms with Gasteiger partial charge in [-0.2, -0.15) is 0 Å². The number of aromatic nitrogens is 1. The monoisotopic (exact) mass is 281 g/mol. The fourth-order valence-electron chi connectivity index (χ4n) is 1.42. The highest BCUT2D eigenvalue weighted by Crippen LogP contribution is 2.16. The summed E-state index contributed by atoms with van der Waals surface area (Å²) in [5.41, 5.74) is 0.602. The van der Waals surface area contributed by atoms with Gasteiger partial charge in [-0.3, -0.25) is 9.78 Å². The van der Waals surface area contributed by atoms with Crippen molar-refractivity contribution in [3.05, 3.63) is 34.6 Å². The van der Waals surface area contributed by atoms with Crippen LogP contribution in [-0.4, -0.2) is 23.3 Å². The first-order valence-electron chi connectivity index (χ1n) is 5.99. The highest BCUT2D eigenvalue weighted by atomic mass is 35.5. The predicted molar refractivity (Wildman–Crippen MR) is 73.7 cm³/mol. The Bertz CT molecular complexity index is 509. The molecule has 1 heterocycles. The summed E-state index contributed by atoms with van der Waals surface area (Å²) >= 11 is 5.82. The standard InChI is InChI=1S/C14H16ClNO3/c1-4-19-14(18)12(13(17)9(2)3)6-10-5-11(15)8-16-7-10/h5-9H,4H2,1-3H3/b12-6+. The van der Waals surface area contributed by atoms with E-state index in [1.54, 1.807) is 26.8 Å². The van der Waals surface area contributed by atoms with Crippen molar-refractivity contribution in [1.82, 2.24) is 4.98 Å². The number of rotatable bonds is 5. The van der Waals surface area contributed by atoms with Crippen molar-refractivity contribution in [2.24, 2.45) is 5.92 Å². The number of ether oxygens (including phenoxy) is 1. The lowest BCUT2D eigenvalue weighted by Gasteiger charge is -2.08. The normalized spacial score (nSPS) is 11.5. The molecule has 0 radical (unpaired) electrons. The molecule has 0 bridgehead atoms. The van der Waals surface area contributed by atoms with Gasteiger partial charge in [-0.1, -0.05) is 25.4 Å². The molecule has 1 rings (SSSR count). The van der Waals surface area contributed by atoms with Crippen LogP contribution in [0.3, 0.4) is 0 Å². The van der Waals surface area contributed by atoms with Gasteiger partial charge in [-0.15, -0.1) is 0 Å². The van der Waals surface area contributed by atoms with Gasteiger partial charge in [-0.25, -0.2) is 4.79 Å². The van der Waals surface area contributed by atoms with Gasteiger partial charge in [0.05, 0.1) is 11.6 Å². The molecule has 0 aliphatic carbocycles. The van der Waals surface area contributed by atoms with E-state index in [-0.39, 0.29) is 23.9 Å². The van der Waals surface area contributed by atoms with Gasteiger partial charge in [0, 0.05) is 18.3 Å². The Kier molecular flexibility index (Phi) is 5.70. The number of hydrogen-bond acceptors (Lipinski definition) is 4. The summed E-state index contributed by atoms with van der Waals surface area (Å²) < 4.78 is 4.90. The Morgan fingerprint density at radius 1 is 1.42 bits per heavy atom. The van der Waals surface area contributed by atoms with Crippen molar-refractivity contribution in [3.63, 3.8) is 0 Å². The Hall–Kier alpha value is -1.68. The number of halogens is 1. The summed E-state index contributed by atoms with van der Waals surface area (Å²) in [7, 11) is 0. The quantitative estimate of drug-likeness (QED) is 0.360. The molecule has 0 aliphatic rings. The summed E-state index contributed by atoms with van der Waals surface area (Å²) in [5, 5.41) is 0.439. The largest absolute Gasteiger partial charge is 0.462 e. The van der Waals surface area contributed by atoms with Gasteiger partial charge in [0.1, 0.15) is 5.57 Å². The van der Waals surface area contributed by atoms with Crippen LogP contribution in [-0.2, 0) is 14.3 Å². The first-order valence-corrected chi connectivity index (χ1v) is 6.37. The van der Waals surface area contributed by atoms with Gasteiger partial charge >= 0.3 is 5.97 Å². The van der Waals surface area contributed by atoms with E-state index in [1.807, 2.05) is 0 Å². The highest BCUT2D eigenvalue weighted by molar-refractivity contribution is 6.30. The van der Waals surface area contributed by atoms with Crippen molar-refractivity contribution in [1.29, 1.82) is 0 Å². The van der Waals surface area contributed by atoms with Crippen LogP contribution in [0.25, 0.3) is 6.08 Å². The van der Waals surface area contributed by atoms with Crippen LogP contribution in [0.2, 0.25) is 5.02 Å². The minimum absolute atomic E-state index is 0.0147. The zero-order chi connectivity index (χ0) is 14.4. The molecule has 1 aromatic rings. The topological polar surface area (TPSA) is 56.3 Å². The average Bonchev–Trinajstić information content (AvgIpc) is 2.35. The molecule has 0 amide bonds. The maximum absolute atomic E-state index is 12.0.